The molecule has 10 heteroatoms. The minimum atomic E-state index is -0.0137. The number of nitrogens with zero attached hydrogens (tertiary/aromatic N) is 5. The SMILES string of the molecule is CCC(=O)Nc1ccc(Sc2nc(N=C(N)CC(C)=N)cc(N3CCC(N4CCCC4)CC3)n2)cc1. The van der Waals surface area contributed by atoms with Crippen LogP contribution in [0.3, 0.4) is 0 Å². The fourth-order valence-electron chi connectivity index (χ4n) is 4.65. The molecule has 192 valence electrons. The largest absolute Gasteiger partial charge is 0.387 e. The summed E-state index contributed by atoms with van der Waals surface area (Å²) in [6.07, 6.45) is 5.65. The molecule has 0 radical (unpaired) electrons. The van der Waals surface area contributed by atoms with E-state index in [9.17, 15) is 4.79 Å². The van der Waals surface area contributed by atoms with Crippen LogP contribution in [-0.2, 0) is 4.79 Å². The van der Waals surface area contributed by atoms with E-state index in [1.807, 2.05) is 37.3 Å². The van der Waals surface area contributed by atoms with Crippen molar-refractivity contribution in [1.82, 2.24) is 14.9 Å². The lowest BCUT2D eigenvalue weighted by atomic mass is 10.0. The fraction of sp³-hybridized carbons (Fsp3) is 0.500. The van der Waals surface area contributed by atoms with Crippen LogP contribution in [0, 0.1) is 5.41 Å². The van der Waals surface area contributed by atoms with Crippen LogP contribution in [0.25, 0.3) is 0 Å². The van der Waals surface area contributed by atoms with Crippen LogP contribution in [0.2, 0.25) is 0 Å². The molecular formula is C26H36N8OS. The Morgan fingerprint density at radius 1 is 1.17 bits per heavy atom. The number of rotatable bonds is 9. The van der Waals surface area contributed by atoms with Gasteiger partial charge in [0.25, 0.3) is 0 Å². The number of aliphatic imine (C=N–C) groups is 1. The van der Waals surface area contributed by atoms with Gasteiger partial charge >= 0.3 is 0 Å². The highest BCUT2D eigenvalue weighted by Gasteiger charge is 2.27. The number of nitrogens with one attached hydrogen (secondary N) is 2. The molecule has 4 N–H and O–H groups in total. The summed E-state index contributed by atoms with van der Waals surface area (Å²) in [7, 11) is 0. The number of hydrogen-bond acceptors (Lipinski definition) is 8. The molecule has 2 aliphatic heterocycles. The Kier molecular flexibility index (Phi) is 8.93. The highest BCUT2D eigenvalue weighted by atomic mass is 32.2. The first kappa shape index (κ1) is 26.1. The first-order valence-electron chi connectivity index (χ1n) is 12.7. The fourth-order valence-corrected chi connectivity index (χ4v) is 5.41. The number of amides is 1. The first-order chi connectivity index (χ1) is 17.4. The second kappa shape index (κ2) is 12.3. The standard InChI is InChI=1S/C26H36N8OS/c1-3-25(35)29-19-6-8-21(9-7-19)36-26-31-23(30-22(28)16-18(2)27)17-24(32-26)34-14-10-20(11-15-34)33-12-4-5-13-33/h6-9,17,20,27H,3-5,10-16H2,1-2H3,(H,29,35)(H2,28,30,31,32). The summed E-state index contributed by atoms with van der Waals surface area (Å²) < 4.78 is 0. The Hall–Kier alpha value is -2.98. The van der Waals surface area contributed by atoms with Gasteiger partial charge in [0.1, 0.15) is 11.7 Å². The summed E-state index contributed by atoms with van der Waals surface area (Å²) >= 11 is 1.45. The van der Waals surface area contributed by atoms with Crippen LogP contribution in [-0.4, -0.2) is 64.5 Å². The molecule has 1 amide bonds. The van der Waals surface area contributed by atoms with Gasteiger partial charge < -0.3 is 26.3 Å². The Morgan fingerprint density at radius 3 is 2.50 bits per heavy atom. The third kappa shape index (κ3) is 7.27. The number of nitrogens with two attached hydrogens (primary N) is 1. The number of likely N-dealkylation sites (tertiary alicyclic amines) is 1. The second-order valence-electron chi connectivity index (χ2n) is 9.42. The summed E-state index contributed by atoms with van der Waals surface area (Å²) in [6.45, 7) is 7.90. The molecule has 0 saturated carbocycles. The molecule has 1 aromatic carbocycles. The lowest BCUT2D eigenvalue weighted by Gasteiger charge is -2.37. The molecule has 0 atom stereocenters. The maximum Gasteiger partial charge on any atom is 0.224 e. The van der Waals surface area contributed by atoms with Gasteiger partial charge in [0.2, 0.25) is 5.91 Å². The zero-order valence-electron chi connectivity index (χ0n) is 21.2. The molecular weight excluding hydrogens is 472 g/mol. The Morgan fingerprint density at radius 2 is 1.86 bits per heavy atom. The highest BCUT2D eigenvalue weighted by molar-refractivity contribution is 7.99. The number of carbonyl (C=O) groups excluding carboxylic acids is 1. The first-order valence-corrected chi connectivity index (χ1v) is 13.5. The second-order valence-corrected chi connectivity index (χ2v) is 10.5. The number of benzene rings is 1. The topological polar surface area (TPSA) is 124 Å². The van der Waals surface area contributed by atoms with E-state index >= 15 is 0 Å². The summed E-state index contributed by atoms with van der Waals surface area (Å²) in [5, 5.41) is 11.2. The van der Waals surface area contributed by atoms with E-state index < -0.39 is 0 Å². The average Bonchev–Trinajstić information content (AvgIpc) is 3.40. The lowest BCUT2D eigenvalue weighted by molar-refractivity contribution is -0.115. The highest BCUT2D eigenvalue weighted by Crippen LogP contribution is 2.31. The van der Waals surface area contributed by atoms with E-state index in [0.717, 1.165) is 42.3 Å². The van der Waals surface area contributed by atoms with Crippen LogP contribution in [0.1, 0.15) is 52.4 Å². The van der Waals surface area contributed by atoms with E-state index in [2.05, 4.69) is 25.1 Å². The monoisotopic (exact) mass is 508 g/mol. The van der Waals surface area contributed by atoms with Crippen molar-refractivity contribution >= 4 is 46.5 Å². The van der Waals surface area contributed by atoms with Gasteiger partial charge in [0, 0.05) is 54.3 Å². The third-order valence-corrected chi connectivity index (χ3v) is 7.37. The third-order valence-electron chi connectivity index (χ3n) is 6.50. The molecule has 0 aliphatic carbocycles. The predicted octanol–water partition coefficient (Wildman–Crippen LogP) is 4.46. The van der Waals surface area contributed by atoms with Gasteiger partial charge in [-0.15, -0.1) is 0 Å². The molecule has 2 saturated heterocycles. The van der Waals surface area contributed by atoms with Crippen molar-refractivity contribution in [3.63, 3.8) is 0 Å². The van der Waals surface area contributed by atoms with Crippen molar-refractivity contribution in [2.24, 2.45) is 10.7 Å². The van der Waals surface area contributed by atoms with E-state index in [0.29, 0.717) is 41.4 Å². The summed E-state index contributed by atoms with van der Waals surface area (Å²) in [5.74, 6) is 1.72. The van der Waals surface area contributed by atoms with Crippen molar-refractivity contribution in [3.8, 4) is 0 Å². The van der Waals surface area contributed by atoms with Crippen molar-refractivity contribution < 1.29 is 4.79 Å². The van der Waals surface area contributed by atoms with Crippen LogP contribution in [0.4, 0.5) is 17.3 Å². The number of carbonyl (C=O) groups is 1. The van der Waals surface area contributed by atoms with Gasteiger partial charge in [-0.1, -0.05) is 6.92 Å². The molecule has 3 heterocycles. The van der Waals surface area contributed by atoms with Gasteiger partial charge in [-0.25, -0.2) is 15.0 Å². The van der Waals surface area contributed by atoms with Gasteiger partial charge in [-0.2, -0.15) is 0 Å². The molecule has 1 aromatic heterocycles. The summed E-state index contributed by atoms with van der Waals surface area (Å²) in [5.41, 5.74) is 7.31. The normalized spacial score (nSPS) is 17.4. The molecule has 4 rings (SSSR count). The number of anilines is 2. The lowest BCUT2D eigenvalue weighted by Crippen LogP contribution is -2.44. The molecule has 0 bridgehead atoms. The molecule has 0 unspecified atom stereocenters. The van der Waals surface area contributed by atoms with Crippen LogP contribution < -0.4 is 16.0 Å². The summed E-state index contributed by atoms with van der Waals surface area (Å²) in [4.78, 5) is 31.6. The van der Waals surface area contributed by atoms with Crippen molar-refractivity contribution in [2.75, 3.05) is 36.4 Å². The van der Waals surface area contributed by atoms with Crippen molar-refractivity contribution in [1.29, 1.82) is 5.41 Å². The van der Waals surface area contributed by atoms with Crippen LogP contribution in [0.5, 0.6) is 0 Å². The molecule has 0 spiro atoms. The molecule has 2 aromatic rings. The predicted molar refractivity (Wildman–Crippen MR) is 147 cm³/mol. The van der Waals surface area contributed by atoms with E-state index in [1.54, 1.807) is 6.92 Å². The zero-order valence-corrected chi connectivity index (χ0v) is 22.0. The number of amidine groups is 1. The maximum absolute atomic E-state index is 11.7. The Balaban J connectivity index is 1.52. The smallest absolute Gasteiger partial charge is 0.224 e. The molecule has 9 nitrogen and oxygen atoms in total. The van der Waals surface area contributed by atoms with Gasteiger partial charge in [0.05, 0.1) is 0 Å². The van der Waals surface area contributed by atoms with Gasteiger partial charge in [-0.05, 0) is 81.7 Å². The molecule has 36 heavy (non-hydrogen) atoms. The van der Waals surface area contributed by atoms with E-state index in [1.165, 1.54) is 37.7 Å². The molecule has 2 fully saturated rings. The van der Waals surface area contributed by atoms with Gasteiger partial charge in [0.15, 0.2) is 11.0 Å². The van der Waals surface area contributed by atoms with Crippen LogP contribution in [0.15, 0.2) is 45.4 Å². The quantitative estimate of drug-likeness (QED) is 0.259. The Labute approximate surface area is 217 Å². The van der Waals surface area contributed by atoms with Crippen LogP contribution >= 0.6 is 11.8 Å². The number of piperidine rings is 1. The maximum atomic E-state index is 11.7. The molecule has 2 aliphatic rings. The number of aromatic nitrogens is 2. The van der Waals surface area contributed by atoms with Crippen molar-refractivity contribution in [2.45, 2.75) is 68.5 Å². The minimum Gasteiger partial charge on any atom is -0.387 e. The zero-order chi connectivity index (χ0) is 25.5. The minimum absolute atomic E-state index is 0.0137. The summed E-state index contributed by atoms with van der Waals surface area (Å²) in [6, 6.07) is 10.2. The Bertz CT molecular complexity index is 1090. The van der Waals surface area contributed by atoms with Gasteiger partial charge in [-0.3, -0.25) is 4.79 Å². The van der Waals surface area contributed by atoms with E-state index in [4.69, 9.17) is 16.1 Å². The number of hydrogen-bond donors (Lipinski definition) is 3. The van der Waals surface area contributed by atoms with Crippen molar-refractivity contribution in [3.05, 3.63) is 30.3 Å². The van der Waals surface area contributed by atoms with E-state index in [-0.39, 0.29) is 5.91 Å². The average molecular weight is 509 g/mol.